The quantitative estimate of drug-likeness (QED) is 0.832. The van der Waals surface area contributed by atoms with Crippen LogP contribution in [0.5, 0.6) is 0 Å². The third kappa shape index (κ3) is 3.31. The van der Waals surface area contributed by atoms with Gasteiger partial charge in [0.25, 0.3) is 0 Å². The number of benzene rings is 1. The van der Waals surface area contributed by atoms with E-state index in [0.29, 0.717) is 6.54 Å². The van der Waals surface area contributed by atoms with E-state index < -0.39 is 0 Å². The van der Waals surface area contributed by atoms with Crippen molar-refractivity contribution >= 4 is 44.9 Å². The normalized spacial score (nSPS) is 12.8. The second-order valence-electron chi connectivity index (χ2n) is 4.94. The molecule has 0 radical (unpaired) electrons. The molecule has 2 rings (SSSR count). The van der Waals surface area contributed by atoms with Crippen molar-refractivity contribution in [2.24, 2.45) is 17.6 Å². The van der Waals surface area contributed by atoms with Crippen LogP contribution in [0.1, 0.15) is 13.8 Å². The van der Waals surface area contributed by atoms with Crippen LogP contribution in [0.25, 0.3) is 10.2 Å². The Balaban J connectivity index is 2.19. The lowest BCUT2D eigenvalue weighted by molar-refractivity contribution is -0.120. The SMILES string of the molecule is CSc1nc2ccc(NC(=O)C(CN)C(C)C)cc2s1. The lowest BCUT2D eigenvalue weighted by Gasteiger charge is -2.18. The Hall–Kier alpha value is -1.11. The molecule has 3 N–H and O–H groups in total. The molecule has 0 bridgehead atoms. The zero-order chi connectivity index (χ0) is 14.7. The summed E-state index contributed by atoms with van der Waals surface area (Å²) in [5.74, 6) is 0.0561. The third-order valence-electron chi connectivity index (χ3n) is 3.21. The van der Waals surface area contributed by atoms with Gasteiger partial charge in [-0.15, -0.1) is 11.3 Å². The maximum absolute atomic E-state index is 12.2. The van der Waals surface area contributed by atoms with Gasteiger partial charge in [0.1, 0.15) is 0 Å². The minimum absolute atomic E-state index is 0.0172. The van der Waals surface area contributed by atoms with Gasteiger partial charge in [-0.05, 0) is 30.4 Å². The van der Waals surface area contributed by atoms with Crippen LogP contribution in [0, 0.1) is 11.8 Å². The van der Waals surface area contributed by atoms with Crippen molar-refractivity contribution in [1.29, 1.82) is 0 Å². The number of carbonyl (C=O) groups excluding carboxylic acids is 1. The largest absolute Gasteiger partial charge is 0.330 e. The number of fused-ring (bicyclic) bond motifs is 1. The molecular formula is C14H19N3OS2. The van der Waals surface area contributed by atoms with Crippen molar-refractivity contribution in [2.75, 3.05) is 18.1 Å². The fraction of sp³-hybridized carbons (Fsp3) is 0.429. The summed E-state index contributed by atoms with van der Waals surface area (Å²) >= 11 is 3.27. The van der Waals surface area contributed by atoms with Gasteiger partial charge in [0.05, 0.1) is 16.1 Å². The Morgan fingerprint density at radius 3 is 2.85 bits per heavy atom. The maximum Gasteiger partial charge on any atom is 0.229 e. The van der Waals surface area contributed by atoms with Gasteiger partial charge in [-0.2, -0.15) is 0 Å². The monoisotopic (exact) mass is 309 g/mol. The molecule has 6 heteroatoms. The minimum atomic E-state index is -0.158. The number of hydrogen-bond acceptors (Lipinski definition) is 5. The molecule has 108 valence electrons. The topological polar surface area (TPSA) is 68.0 Å². The van der Waals surface area contributed by atoms with Crippen molar-refractivity contribution in [3.05, 3.63) is 18.2 Å². The molecule has 1 aromatic heterocycles. The first kappa shape index (κ1) is 15.3. The maximum atomic E-state index is 12.2. The highest BCUT2D eigenvalue weighted by Gasteiger charge is 2.20. The first-order chi connectivity index (χ1) is 9.55. The van der Waals surface area contributed by atoms with Crippen molar-refractivity contribution in [3.63, 3.8) is 0 Å². The van der Waals surface area contributed by atoms with Crippen LogP contribution in [-0.2, 0) is 4.79 Å². The Labute approximate surface area is 127 Å². The van der Waals surface area contributed by atoms with E-state index >= 15 is 0 Å². The van der Waals surface area contributed by atoms with E-state index in [2.05, 4.69) is 10.3 Å². The van der Waals surface area contributed by atoms with Gasteiger partial charge < -0.3 is 11.1 Å². The third-order valence-corrected chi connectivity index (χ3v) is 5.21. The standard InChI is InChI=1S/C14H19N3OS2/c1-8(2)10(7-15)13(18)16-9-4-5-11-12(6-9)20-14(17-11)19-3/h4-6,8,10H,7,15H2,1-3H3,(H,16,18). The molecule has 1 amide bonds. The lowest BCUT2D eigenvalue weighted by atomic mass is 9.95. The molecular weight excluding hydrogens is 290 g/mol. The van der Waals surface area contributed by atoms with Gasteiger partial charge in [0, 0.05) is 12.2 Å². The molecule has 0 aliphatic carbocycles. The molecule has 1 atom stereocenters. The fourth-order valence-electron chi connectivity index (χ4n) is 1.99. The number of nitrogens with one attached hydrogen (secondary N) is 1. The fourth-order valence-corrected chi connectivity index (χ4v) is 3.51. The zero-order valence-electron chi connectivity index (χ0n) is 11.8. The van der Waals surface area contributed by atoms with Crippen LogP contribution in [0.4, 0.5) is 5.69 Å². The summed E-state index contributed by atoms with van der Waals surface area (Å²) in [5.41, 5.74) is 7.44. The number of anilines is 1. The van der Waals surface area contributed by atoms with E-state index in [0.717, 1.165) is 20.2 Å². The van der Waals surface area contributed by atoms with Gasteiger partial charge in [-0.3, -0.25) is 4.79 Å². The van der Waals surface area contributed by atoms with Crippen molar-refractivity contribution in [3.8, 4) is 0 Å². The average Bonchev–Trinajstić information content (AvgIpc) is 2.81. The second-order valence-corrected chi connectivity index (χ2v) is 7.03. The molecule has 1 heterocycles. The summed E-state index contributed by atoms with van der Waals surface area (Å²) in [6.07, 6.45) is 2.01. The van der Waals surface area contributed by atoms with Crippen LogP contribution < -0.4 is 11.1 Å². The van der Waals surface area contributed by atoms with Crippen molar-refractivity contribution in [1.82, 2.24) is 4.98 Å². The van der Waals surface area contributed by atoms with E-state index in [-0.39, 0.29) is 17.7 Å². The minimum Gasteiger partial charge on any atom is -0.330 e. The van der Waals surface area contributed by atoms with E-state index in [1.54, 1.807) is 23.1 Å². The number of hydrogen-bond donors (Lipinski definition) is 2. The molecule has 0 spiro atoms. The molecule has 0 aliphatic heterocycles. The molecule has 1 aromatic carbocycles. The van der Waals surface area contributed by atoms with Crippen LogP contribution in [0.15, 0.2) is 22.5 Å². The predicted octanol–water partition coefficient (Wildman–Crippen LogP) is 3.19. The van der Waals surface area contributed by atoms with E-state index in [4.69, 9.17) is 5.73 Å². The summed E-state index contributed by atoms with van der Waals surface area (Å²) in [5, 5.41) is 2.95. The molecule has 0 saturated heterocycles. The Morgan fingerprint density at radius 1 is 1.50 bits per heavy atom. The number of nitrogens with two attached hydrogens (primary N) is 1. The molecule has 1 unspecified atom stereocenters. The zero-order valence-corrected chi connectivity index (χ0v) is 13.5. The first-order valence-electron chi connectivity index (χ1n) is 6.50. The molecule has 0 aliphatic rings. The summed E-state index contributed by atoms with van der Waals surface area (Å²) in [6.45, 7) is 4.38. The predicted molar refractivity (Wildman–Crippen MR) is 87.4 cm³/mol. The number of carbonyl (C=O) groups is 1. The number of nitrogens with zero attached hydrogens (tertiary/aromatic N) is 1. The molecule has 0 fully saturated rings. The second kappa shape index (κ2) is 6.56. The molecule has 4 nitrogen and oxygen atoms in total. The van der Waals surface area contributed by atoms with Crippen LogP contribution in [-0.4, -0.2) is 23.7 Å². The van der Waals surface area contributed by atoms with Gasteiger partial charge in [-0.25, -0.2) is 4.98 Å². The summed E-state index contributed by atoms with van der Waals surface area (Å²) < 4.78 is 2.12. The van der Waals surface area contributed by atoms with Crippen LogP contribution in [0.2, 0.25) is 0 Å². The highest BCUT2D eigenvalue weighted by molar-refractivity contribution is 8.00. The molecule has 20 heavy (non-hydrogen) atoms. The highest BCUT2D eigenvalue weighted by atomic mass is 32.2. The summed E-state index contributed by atoms with van der Waals surface area (Å²) in [6, 6.07) is 5.80. The van der Waals surface area contributed by atoms with Gasteiger partial charge >= 0.3 is 0 Å². The van der Waals surface area contributed by atoms with Crippen molar-refractivity contribution in [2.45, 2.75) is 18.2 Å². The average molecular weight is 309 g/mol. The Bertz CT molecular complexity index is 609. The van der Waals surface area contributed by atoms with Crippen LogP contribution >= 0.6 is 23.1 Å². The van der Waals surface area contributed by atoms with E-state index in [1.165, 1.54) is 0 Å². The lowest BCUT2D eigenvalue weighted by Crippen LogP contribution is -2.33. The van der Waals surface area contributed by atoms with Crippen molar-refractivity contribution < 1.29 is 4.79 Å². The Kier molecular flexibility index (Phi) is 5.01. The number of amides is 1. The van der Waals surface area contributed by atoms with E-state index in [9.17, 15) is 4.79 Å². The Morgan fingerprint density at radius 2 is 2.25 bits per heavy atom. The number of rotatable bonds is 5. The summed E-state index contributed by atoms with van der Waals surface area (Å²) in [7, 11) is 0. The summed E-state index contributed by atoms with van der Waals surface area (Å²) in [4.78, 5) is 16.7. The smallest absolute Gasteiger partial charge is 0.229 e. The van der Waals surface area contributed by atoms with Gasteiger partial charge in [0.15, 0.2) is 4.34 Å². The number of thiazole rings is 1. The molecule has 2 aromatic rings. The van der Waals surface area contributed by atoms with Gasteiger partial charge in [-0.1, -0.05) is 25.6 Å². The first-order valence-corrected chi connectivity index (χ1v) is 8.54. The van der Waals surface area contributed by atoms with Gasteiger partial charge in [0.2, 0.25) is 5.91 Å². The molecule has 0 saturated carbocycles. The number of thioether (sulfide) groups is 1. The van der Waals surface area contributed by atoms with E-state index in [1.807, 2.05) is 38.3 Å². The van der Waals surface area contributed by atoms with Crippen LogP contribution in [0.3, 0.4) is 0 Å². The highest BCUT2D eigenvalue weighted by Crippen LogP contribution is 2.30. The number of aromatic nitrogens is 1.